The minimum absolute atomic E-state index is 0.772. The van der Waals surface area contributed by atoms with Crippen LogP contribution < -0.4 is 11.5 Å². The van der Waals surface area contributed by atoms with E-state index in [1.54, 1.807) is 11.3 Å². The Morgan fingerprint density at radius 2 is 1.44 bits per heavy atom. The summed E-state index contributed by atoms with van der Waals surface area (Å²) in [7, 11) is 0. The van der Waals surface area contributed by atoms with Crippen LogP contribution in [0.25, 0.3) is 42.3 Å². The summed E-state index contributed by atoms with van der Waals surface area (Å²) in [6.45, 7) is 0. The predicted molar refractivity (Wildman–Crippen MR) is 109 cm³/mol. The summed E-state index contributed by atoms with van der Waals surface area (Å²) in [6.07, 6.45) is 0. The van der Waals surface area contributed by atoms with Crippen molar-refractivity contribution in [1.82, 2.24) is 4.98 Å². The molecule has 0 fully saturated rings. The molecule has 25 heavy (non-hydrogen) atoms. The van der Waals surface area contributed by atoms with Crippen molar-refractivity contribution in [3.05, 3.63) is 66.7 Å². The van der Waals surface area contributed by atoms with Gasteiger partial charge in [0.25, 0.3) is 0 Å². The summed E-state index contributed by atoms with van der Waals surface area (Å²) < 4.78 is 1.18. The zero-order chi connectivity index (χ0) is 17.0. The van der Waals surface area contributed by atoms with E-state index in [-0.39, 0.29) is 0 Å². The fraction of sp³-hybridized carbons (Fsp3) is 0. The van der Waals surface area contributed by atoms with Gasteiger partial charge in [-0.25, -0.2) is 4.98 Å². The maximum atomic E-state index is 5.93. The van der Waals surface area contributed by atoms with E-state index in [1.165, 1.54) is 10.1 Å². The zero-order valence-corrected chi connectivity index (χ0v) is 14.2. The van der Waals surface area contributed by atoms with Crippen LogP contribution in [0.1, 0.15) is 0 Å². The number of fused-ring (bicyclic) bond motifs is 4. The molecule has 0 aliphatic rings. The van der Waals surface area contributed by atoms with E-state index in [4.69, 9.17) is 16.5 Å². The molecule has 0 aliphatic carbocycles. The number of aromatic nitrogens is 1. The van der Waals surface area contributed by atoms with Crippen molar-refractivity contribution in [2.75, 3.05) is 11.5 Å². The Bertz CT molecular complexity index is 1270. The topological polar surface area (TPSA) is 64.9 Å². The van der Waals surface area contributed by atoms with Crippen LogP contribution in [0.3, 0.4) is 0 Å². The molecule has 4 heteroatoms. The summed E-state index contributed by atoms with van der Waals surface area (Å²) in [4.78, 5) is 4.96. The third kappa shape index (κ3) is 2.22. The van der Waals surface area contributed by atoms with Gasteiger partial charge in [0, 0.05) is 22.3 Å². The fourth-order valence-electron chi connectivity index (χ4n) is 3.34. The first-order valence-corrected chi connectivity index (χ1v) is 8.88. The molecular formula is C21H15N3S. The standard InChI is InChI=1S/C21H15N3S/c22-14-5-7-16-12(10-14)2-1-3-18(16)21-24-20-17-8-6-15(23)11-13(17)4-9-19(20)25-21/h1-11H,22-23H2. The number of benzene rings is 4. The molecule has 0 spiro atoms. The minimum Gasteiger partial charge on any atom is -0.399 e. The Balaban J connectivity index is 1.80. The summed E-state index contributed by atoms with van der Waals surface area (Å²) in [5.74, 6) is 0. The van der Waals surface area contributed by atoms with Crippen LogP contribution in [-0.4, -0.2) is 4.98 Å². The smallest absolute Gasteiger partial charge is 0.125 e. The van der Waals surface area contributed by atoms with Crippen LogP contribution >= 0.6 is 11.3 Å². The zero-order valence-electron chi connectivity index (χ0n) is 13.4. The lowest BCUT2D eigenvalue weighted by Gasteiger charge is -2.04. The van der Waals surface area contributed by atoms with Gasteiger partial charge in [-0.15, -0.1) is 11.3 Å². The van der Waals surface area contributed by atoms with Crippen molar-refractivity contribution in [2.24, 2.45) is 0 Å². The molecule has 1 aromatic heterocycles. The number of anilines is 2. The lowest BCUT2D eigenvalue weighted by atomic mass is 10.0. The highest BCUT2D eigenvalue weighted by Crippen LogP contribution is 2.37. The van der Waals surface area contributed by atoms with E-state index in [1.807, 2.05) is 24.3 Å². The highest BCUT2D eigenvalue weighted by Gasteiger charge is 2.12. The average molecular weight is 341 g/mol. The van der Waals surface area contributed by atoms with Crippen LogP contribution in [0.15, 0.2) is 66.7 Å². The van der Waals surface area contributed by atoms with Crippen molar-refractivity contribution in [3.63, 3.8) is 0 Å². The Kier molecular flexibility index (Phi) is 2.96. The monoisotopic (exact) mass is 341 g/mol. The van der Waals surface area contributed by atoms with E-state index >= 15 is 0 Å². The first-order chi connectivity index (χ1) is 12.2. The molecule has 0 aliphatic heterocycles. The van der Waals surface area contributed by atoms with Gasteiger partial charge in [-0.2, -0.15) is 0 Å². The lowest BCUT2D eigenvalue weighted by Crippen LogP contribution is -1.86. The molecule has 4 aromatic carbocycles. The minimum atomic E-state index is 0.772. The van der Waals surface area contributed by atoms with E-state index in [0.717, 1.165) is 43.6 Å². The highest BCUT2D eigenvalue weighted by atomic mass is 32.1. The van der Waals surface area contributed by atoms with Crippen LogP contribution in [0.5, 0.6) is 0 Å². The van der Waals surface area contributed by atoms with Gasteiger partial charge >= 0.3 is 0 Å². The molecule has 0 bridgehead atoms. The van der Waals surface area contributed by atoms with Crippen LogP contribution in [0, 0.1) is 0 Å². The molecule has 5 aromatic rings. The number of nitrogens with zero attached hydrogens (tertiary/aromatic N) is 1. The van der Waals surface area contributed by atoms with Crippen molar-refractivity contribution >= 4 is 54.5 Å². The molecule has 5 rings (SSSR count). The van der Waals surface area contributed by atoms with E-state index in [2.05, 4.69) is 42.5 Å². The van der Waals surface area contributed by atoms with E-state index in [0.29, 0.717) is 0 Å². The summed E-state index contributed by atoms with van der Waals surface area (Å²) in [5, 5.41) is 5.59. The summed E-state index contributed by atoms with van der Waals surface area (Å²) in [6, 6.07) is 22.5. The molecule has 0 atom stereocenters. The van der Waals surface area contributed by atoms with Crippen LogP contribution in [-0.2, 0) is 0 Å². The molecule has 1 heterocycles. The number of hydrogen-bond acceptors (Lipinski definition) is 4. The highest BCUT2D eigenvalue weighted by molar-refractivity contribution is 7.21. The Labute approximate surface area is 148 Å². The Hall–Kier alpha value is -3.11. The second-order valence-electron chi connectivity index (χ2n) is 6.20. The van der Waals surface area contributed by atoms with E-state index in [9.17, 15) is 0 Å². The third-order valence-electron chi connectivity index (χ3n) is 4.53. The van der Waals surface area contributed by atoms with Crippen molar-refractivity contribution < 1.29 is 0 Å². The van der Waals surface area contributed by atoms with E-state index < -0.39 is 0 Å². The van der Waals surface area contributed by atoms with Gasteiger partial charge in [-0.3, -0.25) is 0 Å². The lowest BCUT2D eigenvalue weighted by molar-refractivity contribution is 1.50. The predicted octanol–water partition coefficient (Wildman–Crippen LogP) is 5.43. The second-order valence-corrected chi connectivity index (χ2v) is 7.23. The SMILES string of the molecule is Nc1ccc2c(-c3nc4c(ccc5cc(N)ccc54)s3)cccc2c1. The normalized spacial score (nSPS) is 11.5. The number of nitrogen functional groups attached to an aromatic ring is 2. The first kappa shape index (κ1) is 14.3. The first-order valence-electron chi connectivity index (χ1n) is 8.06. The summed E-state index contributed by atoms with van der Waals surface area (Å²) >= 11 is 1.71. The molecule has 0 amide bonds. The maximum Gasteiger partial charge on any atom is 0.125 e. The third-order valence-corrected chi connectivity index (χ3v) is 5.59. The molecule has 0 unspecified atom stereocenters. The Morgan fingerprint density at radius 1 is 0.720 bits per heavy atom. The maximum absolute atomic E-state index is 5.93. The van der Waals surface area contributed by atoms with Gasteiger partial charge in [0.1, 0.15) is 5.01 Å². The molecular weight excluding hydrogens is 326 g/mol. The molecule has 3 nitrogen and oxygen atoms in total. The van der Waals surface area contributed by atoms with Gasteiger partial charge in [0.05, 0.1) is 10.2 Å². The second kappa shape index (κ2) is 5.19. The number of thiazole rings is 1. The number of nitrogens with two attached hydrogens (primary N) is 2. The molecule has 0 radical (unpaired) electrons. The van der Waals surface area contributed by atoms with Gasteiger partial charge in [-0.1, -0.05) is 36.4 Å². The number of rotatable bonds is 1. The molecule has 4 N–H and O–H groups in total. The quantitative estimate of drug-likeness (QED) is 0.399. The molecule has 120 valence electrons. The molecule has 0 saturated heterocycles. The van der Waals surface area contributed by atoms with Crippen LogP contribution in [0.4, 0.5) is 11.4 Å². The van der Waals surface area contributed by atoms with Crippen molar-refractivity contribution in [3.8, 4) is 10.6 Å². The van der Waals surface area contributed by atoms with Crippen LogP contribution in [0.2, 0.25) is 0 Å². The van der Waals surface area contributed by atoms with Gasteiger partial charge in [0.2, 0.25) is 0 Å². The van der Waals surface area contributed by atoms with Gasteiger partial charge < -0.3 is 11.5 Å². The molecule has 0 saturated carbocycles. The van der Waals surface area contributed by atoms with Crippen molar-refractivity contribution in [1.29, 1.82) is 0 Å². The summed E-state index contributed by atoms with van der Waals surface area (Å²) in [5.41, 5.74) is 15.6. The van der Waals surface area contributed by atoms with Crippen molar-refractivity contribution in [2.45, 2.75) is 0 Å². The average Bonchev–Trinajstić information content (AvgIpc) is 3.05. The Morgan fingerprint density at radius 3 is 2.24 bits per heavy atom. The fourth-order valence-corrected chi connectivity index (χ4v) is 4.36. The number of hydrogen-bond donors (Lipinski definition) is 2. The van der Waals surface area contributed by atoms with Gasteiger partial charge in [-0.05, 0) is 46.5 Å². The van der Waals surface area contributed by atoms with Gasteiger partial charge in [0.15, 0.2) is 0 Å². The largest absolute Gasteiger partial charge is 0.399 e.